The Hall–Kier alpha value is -1.14. The minimum absolute atomic E-state index is 0.101. The lowest BCUT2D eigenvalue weighted by Crippen LogP contribution is -2.55. The molecule has 1 saturated heterocycles. The van der Waals surface area contributed by atoms with Gasteiger partial charge in [-0.3, -0.25) is 4.90 Å². The average molecular weight is 401 g/mol. The summed E-state index contributed by atoms with van der Waals surface area (Å²) in [4.78, 5) is 16.3. The summed E-state index contributed by atoms with van der Waals surface area (Å²) in [6.45, 7) is 10.8. The molecule has 0 radical (unpaired) electrons. The van der Waals surface area contributed by atoms with Gasteiger partial charge in [0.15, 0.2) is 0 Å². The molecule has 1 aliphatic rings. The summed E-state index contributed by atoms with van der Waals surface area (Å²) >= 11 is 3.47. The molecular weight excluding hydrogens is 375 g/mol. The van der Waals surface area contributed by atoms with Crippen LogP contribution in [-0.2, 0) is 11.2 Å². The smallest absolute Gasteiger partial charge is 0.410 e. The van der Waals surface area contributed by atoms with E-state index in [-0.39, 0.29) is 18.0 Å². The number of halogens is 2. The fourth-order valence-corrected chi connectivity index (χ4v) is 3.29. The molecule has 24 heavy (non-hydrogen) atoms. The molecule has 0 aromatic heterocycles. The van der Waals surface area contributed by atoms with Gasteiger partial charge in [0, 0.05) is 36.7 Å². The van der Waals surface area contributed by atoms with Crippen LogP contribution in [0.25, 0.3) is 0 Å². The fraction of sp³-hybridized carbons (Fsp3) is 0.611. The molecule has 1 fully saturated rings. The van der Waals surface area contributed by atoms with E-state index >= 15 is 0 Å². The third-order valence-corrected chi connectivity index (χ3v) is 4.82. The van der Waals surface area contributed by atoms with Gasteiger partial charge in [0.05, 0.1) is 0 Å². The summed E-state index contributed by atoms with van der Waals surface area (Å²) in [6.07, 6.45) is 0.528. The Morgan fingerprint density at radius 2 is 2.08 bits per heavy atom. The highest BCUT2D eigenvalue weighted by Crippen LogP contribution is 2.20. The predicted molar refractivity (Wildman–Crippen MR) is 96.6 cm³/mol. The molecule has 0 N–H and O–H groups in total. The van der Waals surface area contributed by atoms with Crippen molar-refractivity contribution in [2.24, 2.45) is 0 Å². The second-order valence-corrected chi connectivity index (χ2v) is 8.16. The molecule has 1 amide bonds. The SMILES string of the molecule is CC1CN(CCc2cc(F)ccc2Br)CCN1C(=O)OC(C)(C)C. The minimum Gasteiger partial charge on any atom is -0.444 e. The Kier molecular flexibility index (Phi) is 6.26. The standard InChI is InChI=1S/C18H26BrFN2O2/c1-13-12-21(8-7-14-11-15(20)5-6-16(14)19)9-10-22(13)17(23)24-18(2,3)4/h5-6,11,13H,7-10,12H2,1-4H3. The van der Waals surface area contributed by atoms with Gasteiger partial charge in [0.1, 0.15) is 11.4 Å². The second kappa shape index (κ2) is 7.83. The van der Waals surface area contributed by atoms with E-state index in [1.54, 1.807) is 17.0 Å². The fourth-order valence-electron chi connectivity index (χ4n) is 2.84. The average Bonchev–Trinajstić information content (AvgIpc) is 2.46. The van der Waals surface area contributed by atoms with Crippen LogP contribution in [0.15, 0.2) is 22.7 Å². The Balaban J connectivity index is 1.87. The molecule has 0 bridgehead atoms. The molecule has 0 spiro atoms. The second-order valence-electron chi connectivity index (χ2n) is 7.31. The first-order chi connectivity index (χ1) is 11.2. The Bertz CT molecular complexity index is 589. The van der Waals surface area contributed by atoms with Crippen molar-refractivity contribution in [3.05, 3.63) is 34.1 Å². The number of rotatable bonds is 3. The quantitative estimate of drug-likeness (QED) is 0.766. The number of hydrogen-bond donors (Lipinski definition) is 0. The van der Waals surface area contributed by atoms with Crippen LogP contribution < -0.4 is 0 Å². The zero-order valence-corrected chi connectivity index (χ0v) is 16.4. The first-order valence-electron chi connectivity index (χ1n) is 8.31. The molecule has 0 aliphatic carbocycles. The van der Waals surface area contributed by atoms with Crippen molar-refractivity contribution < 1.29 is 13.9 Å². The minimum atomic E-state index is -0.475. The van der Waals surface area contributed by atoms with Gasteiger partial charge < -0.3 is 9.64 Å². The van der Waals surface area contributed by atoms with E-state index in [0.717, 1.165) is 36.1 Å². The molecule has 1 unspecified atom stereocenters. The molecule has 2 rings (SSSR count). The van der Waals surface area contributed by atoms with Crippen molar-refractivity contribution >= 4 is 22.0 Å². The number of amides is 1. The van der Waals surface area contributed by atoms with Crippen LogP contribution >= 0.6 is 15.9 Å². The van der Waals surface area contributed by atoms with Gasteiger partial charge in [-0.05, 0) is 57.9 Å². The number of carbonyl (C=O) groups is 1. The largest absolute Gasteiger partial charge is 0.444 e. The first-order valence-corrected chi connectivity index (χ1v) is 9.11. The highest BCUT2D eigenvalue weighted by molar-refractivity contribution is 9.10. The number of hydrogen-bond acceptors (Lipinski definition) is 3. The van der Waals surface area contributed by atoms with Gasteiger partial charge in [0.25, 0.3) is 0 Å². The van der Waals surface area contributed by atoms with Gasteiger partial charge in [-0.25, -0.2) is 9.18 Å². The molecule has 1 aromatic carbocycles. The van der Waals surface area contributed by atoms with Crippen molar-refractivity contribution in [1.82, 2.24) is 9.80 Å². The van der Waals surface area contributed by atoms with E-state index in [2.05, 4.69) is 20.8 Å². The first kappa shape index (κ1) is 19.2. The lowest BCUT2D eigenvalue weighted by atomic mass is 10.1. The van der Waals surface area contributed by atoms with Gasteiger partial charge >= 0.3 is 6.09 Å². The summed E-state index contributed by atoms with van der Waals surface area (Å²) < 4.78 is 19.8. The van der Waals surface area contributed by atoms with E-state index in [4.69, 9.17) is 4.74 Å². The van der Waals surface area contributed by atoms with Crippen LogP contribution in [0.2, 0.25) is 0 Å². The summed E-state index contributed by atoms with van der Waals surface area (Å²) in [7, 11) is 0. The zero-order valence-electron chi connectivity index (χ0n) is 14.8. The van der Waals surface area contributed by atoms with Crippen LogP contribution in [0.3, 0.4) is 0 Å². The third kappa shape index (κ3) is 5.45. The van der Waals surface area contributed by atoms with E-state index in [0.29, 0.717) is 6.54 Å². The van der Waals surface area contributed by atoms with Crippen molar-refractivity contribution in [3.8, 4) is 0 Å². The van der Waals surface area contributed by atoms with Gasteiger partial charge in [-0.15, -0.1) is 0 Å². The lowest BCUT2D eigenvalue weighted by Gasteiger charge is -2.40. The molecule has 6 heteroatoms. The molecule has 1 heterocycles. The topological polar surface area (TPSA) is 32.8 Å². The van der Waals surface area contributed by atoms with E-state index in [1.165, 1.54) is 6.07 Å². The van der Waals surface area contributed by atoms with Gasteiger partial charge in [-0.2, -0.15) is 0 Å². The summed E-state index contributed by atoms with van der Waals surface area (Å²) in [5, 5.41) is 0. The maximum absolute atomic E-state index is 13.4. The van der Waals surface area contributed by atoms with Crippen molar-refractivity contribution in [2.75, 3.05) is 26.2 Å². The van der Waals surface area contributed by atoms with Gasteiger partial charge in [-0.1, -0.05) is 15.9 Å². The Morgan fingerprint density at radius 1 is 1.38 bits per heavy atom. The lowest BCUT2D eigenvalue weighted by molar-refractivity contribution is 0.00162. The normalized spacial score (nSPS) is 19.4. The number of nitrogens with zero attached hydrogens (tertiary/aromatic N) is 2. The van der Waals surface area contributed by atoms with Crippen molar-refractivity contribution in [2.45, 2.75) is 45.8 Å². The summed E-state index contributed by atoms with van der Waals surface area (Å²) in [5.74, 6) is -0.212. The molecule has 134 valence electrons. The Morgan fingerprint density at radius 3 is 2.71 bits per heavy atom. The van der Waals surface area contributed by atoms with Crippen LogP contribution in [-0.4, -0.2) is 53.7 Å². The maximum Gasteiger partial charge on any atom is 0.410 e. The van der Waals surface area contributed by atoms with E-state index < -0.39 is 5.60 Å². The van der Waals surface area contributed by atoms with Crippen LogP contribution in [0.5, 0.6) is 0 Å². The van der Waals surface area contributed by atoms with E-state index in [9.17, 15) is 9.18 Å². The predicted octanol–water partition coefficient (Wildman–Crippen LogP) is 4.07. The molecule has 0 saturated carbocycles. The van der Waals surface area contributed by atoms with Crippen LogP contribution in [0.4, 0.5) is 9.18 Å². The number of ether oxygens (including phenoxy) is 1. The number of piperazine rings is 1. The highest BCUT2D eigenvalue weighted by Gasteiger charge is 2.30. The monoisotopic (exact) mass is 400 g/mol. The molecular formula is C18H26BrFN2O2. The third-order valence-electron chi connectivity index (χ3n) is 4.04. The zero-order chi connectivity index (χ0) is 17.9. The molecule has 4 nitrogen and oxygen atoms in total. The maximum atomic E-state index is 13.4. The number of benzene rings is 1. The van der Waals surface area contributed by atoms with Crippen LogP contribution in [0, 0.1) is 5.82 Å². The summed E-state index contributed by atoms with van der Waals surface area (Å²) in [6, 6.07) is 4.87. The van der Waals surface area contributed by atoms with Crippen molar-refractivity contribution in [1.29, 1.82) is 0 Å². The highest BCUT2D eigenvalue weighted by atomic mass is 79.9. The van der Waals surface area contributed by atoms with Crippen LogP contribution in [0.1, 0.15) is 33.3 Å². The number of carbonyl (C=O) groups excluding carboxylic acids is 1. The van der Waals surface area contributed by atoms with Gasteiger partial charge in [0.2, 0.25) is 0 Å². The van der Waals surface area contributed by atoms with Crippen molar-refractivity contribution in [3.63, 3.8) is 0 Å². The molecule has 1 aliphatic heterocycles. The molecule has 1 aromatic rings. The molecule has 1 atom stereocenters. The van der Waals surface area contributed by atoms with E-state index in [1.807, 2.05) is 27.7 Å². The Labute approximate surface area is 152 Å². The summed E-state index contributed by atoms with van der Waals surface area (Å²) in [5.41, 5.74) is 0.495.